The van der Waals surface area contributed by atoms with Crippen LogP contribution in [0.5, 0.6) is 0 Å². The summed E-state index contributed by atoms with van der Waals surface area (Å²) in [5.74, 6) is -0.368. The highest BCUT2D eigenvalue weighted by Gasteiger charge is 2.13. The largest absolute Gasteiger partial charge is 0.461 e. The van der Waals surface area contributed by atoms with Crippen LogP contribution in [-0.2, 0) is 18.2 Å². The lowest BCUT2D eigenvalue weighted by Gasteiger charge is -2.00. The molecule has 4 nitrogen and oxygen atoms in total. The van der Waals surface area contributed by atoms with E-state index < -0.39 is 0 Å². The number of hydrogen-bond acceptors (Lipinski definition) is 3. The molecular formula is C14H16N2O2. The highest BCUT2D eigenvalue weighted by molar-refractivity contribution is 5.87. The van der Waals surface area contributed by atoms with Gasteiger partial charge in [0.15, 0.2) is 5.69 Å². The molecule has 2 rings (SSSR count). The third-order valence-electron chi connectivity index (χ3n) is 2.69. The summed E-state index contributed by atoms with van der Waals surface area (Å²) in [5, 5.41) is 4.17. The van der Waals surface area contributed by atoms with E-state index in [0.717, 1.165) is 12.1 Å². The van der Waals surface area contributed by atoms with Gasteiger partial charge >= 0.3 is 5.97 Å². The van der Waals surface area contributed by atoms with Crippen molar-refractivity contribution in [1.29, 1.82) is 0 Å². The zero-order chi connectivity index (χ0) is 13.0. The molecule has 0 amide bonds. The number of esters is 1. The number of aryl methyl sites for hydroxylation is 1. The smallest absolute Gasteiger partial charge is 0.358 e. The molecule has 0 saturated heterocycles. The number of carbonyl (C=O) groups is 1. The van der Waals surface area contributed by atoms with E-state index in [1.807, 2.05) is 25.2 Å². The maximum Gasteiger partial charge on any atom is 0.358 e. The van der Waals surface area contributed by atoms with Crippen LogP contribution in [-0.4, -0.2) is 22.4 Å². The lowest BCUT2D eigenvalue weighted by Crippen LogP contribution is -2.06. The van der Waals surface area contributed by atoms with Gasteiger partial charge in [-0.25, -0.2) is 4.79 Å². The molecule has 1 heterocycles. The Labute approximate surface area is 106 Å². The zero-order valence-electron chi connectivity index (χ0n) is 10.6. The van der Waals surface area contributed by atoms with Gasteiger partial charge in [-0.15, -0.1) is 0 Å². The summed E-state index contributed by atoms with van der Waals surface area (Å²) >= 11 is 0. The molecule has 2 aromatic rings. The van der Waals surface area contributed by atoms with E-state index in [1.54, 1.807) is 17.7 Å². The maximum atomic E-state index is 11.6. The summed E-state index contributed by atoms with van der Waals surface area (Å²) in [7, 11) is 1.83. The second kappa shape index (κ2) is 5.49. The van der Waals surface area contributed by atoms with E-state index in [4.69, 9.17) is 4.74 Å². The molecule has 0 radical (unpaired) electrons. The van der Waals surface area contributed by atoms with Gasteiger partial charge < -0.3 is 4.74 Å². The Morgan fingerprint density at radius 2 is 2.06 bits per heavy atom. The van der Waals surface area contributed by atoms with Crippen LogP contribution in [0.2, 0.25) is 0 Å². The van der Waals surface area contributed by atoms with Gasteiger partial charge in [0, 0.05) is 19.2 Å². The number of benzene rings is 1. The summed E-state index contributed by atoms with van der Waals surface area (Å²) in [5.41, 5.74) is 2.55. The molecule has 0 saturated carbocycles. The molecule has 0 fully saturated rings. The van der Waals surface area contributed by atoms with E-state index >= 15 is 0 Å². The van der Waals surface area contributed by atoms with Crippen LogP contribution in [0.3, 0.4) is 0 Å². The first kappa shape index (κ1) is 12.4. The van der Waals surface area contributed by atoms with Gasteiger partial charge in [0.25, 0.3) is 0 Å². The Morgan fingerprint density at radius 3 is 2.72 bits per heavy atom. The topological polar surface area (TPSA) is 44.1 Å². The summed E-state index contributed by atoms with van der Waals surface area (Å²) in [4.78, 5) is 11.6. The van der Waals surface area contributed by atoms with Crippen molar-refractivity contribution in [3.63, 3.8) is 0 Å². The van der Waals surface area contributed by atoms with Crippen LogP contribution < -0.4 is 0 Å². The Hall–Kier alpha value is -2.10. The molecular weight excluding hydrogens is 228 g/mol. The fraction of sp³-hybridized carbons (Fsp3) is 0.286. The van der Waals surface area contributed by atoms with Crippen molar-refractivity contribution in [2.45, 2.75) is 13.3 Å². The normalized spacial score (nSPS) is 10.3. The number of rotatable bonds is 4. The third-order valence-corrected chi connectivity index (χ3v) is 2.69. The fourth-order valence-electron chi connectivity index (χ4n) is 1.78. The monoisotopic (exact) mass is 244 g/mol. The van der Waals surface area contributed by atoms with Gasteiger partial charge in [0.05, 0.1) is 6.61 Å². The Morgan fingerprint density at radius 1 is 1.33 bits per heavy atom. The molecule has 18 heavy (non-hydrogen) atoms. The average molecular weight is 244 g/mol. The standard InChI is InChI=1S/C14H16N2O2/c1-3-18-14(17)13-10-12(16(2)15-13)9-11-7-5-4-6-8-11/h4-8,10H,3,9H2,1-2H3. The number of carbonyl (C=O) groups excluding carboxylic acids is 1. The molecule has 94 valence electrons. The Bertz CT molecular complexity index is 532. The van der Waals surface area contributed by atoms with Crippen LogP contribution in [0.15, 0.2) is 36.4 Å². The van der Waals surface area contributed by atoms with E-state index in [0.29, 0.717) is 12.3 Å². The number of aromatic nitrogens is 2. The highest BCUT2D eigenvalue weighted by Crippen LogP contribution is 2.11. The third kappa shape index (κ3) is 2.77. The SMILES string of the molecule is CCOC(=O)c1cc(Cc2ccccc2)n(C)n1. The molecule has 1 aromatic heterocycles. The van der Waals surface area contributed by atoms with E-state index in [9.17, 15) is 4.79 Å². The van der Waals surface area contributed by atoms with Crippen molar-refractivity contribution >= 4 is 5.97 Å². The lowest BCUT2D eigenvalue weighted by atomic mass is 10.1. The minimum absolute atomic E-state index is 0.365. The number of nitrogens with zero attached hydrogens (tertiary/aromatic N) is 2. The predicted molar refractivity (Wildman–Crippen MR) is 68.4 cm³/mol. The quantitative estimate of drug-likeness (QED) is 0.774. The summed E-state index contributed by atoms with van der Waals surface area (Å²) in [6, 6.07) is 11.9. The van der Waals surface area contributed by atoms with Crippen LogP contribution in [0.1, 0.15) is 28.7 Å². The molecule has 0 atom stereocenters. The predicted octanol–water partition coefficient (Wildman–Crippen LogP) is 2.19. The molecule has 0 aliphatic heterocycles. The molecule has 0 unspecified atom stereocenters. The second-order valence-corrected chi connectivity index (χ2v) is 4.03. The van der Waals surface area contributed by atoms with E-state index in [2.05, 4.69) is 17.2 Å². The van der Waals surface area contributed by atoms with Crippen LogP contribution in [0, 0.1) is 0 Å². The average Bonchev–Trinajstić information content (AvgIpc) is 2.73. The molecule has 4 heteroatoms. The molecule has 0 aliphatic rings. The fourth-order valence-corrected chi connectivity index (χ4v) is 1.78. The minimum Gasteiger partial charge on any atom is -0.461 e. The number of ether oxygens (including phenoxy) is 1. The minimum atomic E-state index is -0.368. The van der Waals surface area contributed by atoms with Crippen molar-refractivity contribution in [2.24, 2.45) is 7.05 Å². The van der Waals surface area contributed by atoms with Gasteiger partial charge in [-0.1, -0.05) is 30.3 Å². The number of hydrogen-bond donors (Lipinski definition) is 0. The molecule has 0 N–H and O–H groups in total. The van der Waals surface area contributed by atoms with Crippen molar-refractivity contribution < 1.29 is 9.53 Å². The first-order valence-corrected chi connectivity index (χ1v) is 5.94. The lowest BCUT2D eigenvalue weighted by molar-refractivity contribution is 0.0518. The molecule has 0 aliphatic carbocycles. The van der Waals surface area contributed by atoms with Gasteiger partial charge in [0.1, 0.15) is 0 Å². The summed E-state index contributed by atoms with van der Waals surface area (Å²) in [6.07, 6.45) is 0.754. The highest BCUT2D eigenvalue weighted by atomic mass is 16.5. The van der Waals surface area contributed by atoms with Gasteiger partial charge in [0.2, 0.25) is 0 Å². The van der Waals surface area contributed by atoms with Crippen LogP contribution in [0.25, 0.3) is 0 Å². The Kier molecular flexibility index (Phi) is 3.77. The molecule has 1 aromatic carbocycles. The molecule has 0 bridgehead atoms. The maximum absolute atomic E-state index is 11.6. The van der Waals surface area contributed by atoms with Crippen molar-refractivity contribution in [2.75, 3.05) is 6.61 Å². The van der Waals surface area contributed by atoms with Crippen LogP contribution in [0.4, 0.5) is 0 Å². The van der Waals surface area contributed by atoms with Crippen molar-refractivity contribution in [3.8, 4) is 0 Å². The zero-order valence-corrected chi connectivity index (χ0v) is 10.6. The van der Waals surface area contributed by atoms with Crippen molar-refractivity contribution in [1.82, 2.24) is 9.78 Å². The van der Waals surface area contributed by atoms with Gasteiger partial charge in [-0.2, -0.15) is 5.10 Å². The molecule has 0 spiro atoms. The van der Waals surface area contributed by atoms with E-state index in [-0.39, 0.29) is 5.97 Å². The van der Waals surface area contributed by atoms with Crippen LogP contribution >= 0.6 is 0 Å². The van der Waals surface area contributed by atoms with Gasteiger partial charge in [-0.05, 0) is 18.6 Å². The first-order valence-electron chi connectivity index (χ1n) is 5.94. The summed E-state index contributed by atoms with van der Waals surface area (Å²) < 4.78 is 6.65. The summed E-state index contributed by atoms with van der Waals surface area (Å²) in [6.45, 7) is 2.15. The Balaban J connectivity index is 2.17. The van der Waals surface area contributed by atoms with Gasteiger partial charge in [-0.3, -0.25) is 4.68 Å². The first-order chi connectivity index (χ1) is 8.70. The van der Waals surface area contributed by atoms with Crippen molar-refractivity contribution in [3.05, 3.63) is 53.3 Å². The van der Waals surface area contributed by atoms with E-state index in [1.165, 1.54) is 5.56 Å². The second-order valence-electron chi connectivity index (χ2n) is 4.03.